The minimum Gasteiger partial charge on any atom is -0.381 e. The first-order valence-electron chi connectivity index (χ1n) is 12.6. The van der Waals surface area contributed by atoms with Crippen LogP contribution in [0.5, 0.6) is 0 Å². The average molecular weight is 558 g/mol. The molecular formula is C32H33BrN2O2. The van der Waals surface area contributed by atoms with Crippen LogP contribution in [0.4, 0.5) is 5.69 Å². The minimum atomic E-state index is -1.43. The number of nitrogens with zero attached hydrogens (tertiary/aromatic N) is 2. The molecule has 0 saturated heterocycles. The number of aliphatic imine (C=N–C) groups is 1. The Hall–Kier alpha value is -2.83. The maximum atomic E-state index is 13.1. The molecule has 1 aliphatic heterocycles. The van der Waals surface area contributed by atoms with Gasteiger partial charge in [0.2, 0.25) is 0 Å². The Bertz CT molecular complexity index is 1420. The highest BCUT2D eigenvalue weighted by Crippen LogP contribution is 2.57. The predicted octanol–water partition coefficient (Wildman–Crippen LogP) is 6.61. The van der Waals surface area contributed by atoms with Crippen molar-refractivity contribution in [1.82, 2.24) is 4.90 Å². The highest BCUT2D eigenvalue weighted by molar-refractivity contribution is 9.10. The molecule has 4 aromatic rings. The first-order valence-corrected chi connectivity index (χ1v) is 13.4. The summed E-state index contributed by atoms with van der Waals surface area (Å²) in [4.78, 5) is 7.04. The van der Waals surface area contributed by atoms with E-state index in [4.69, 9.17) is 9.73 Å². The van der Waals surface area contributed by atoms with Crippen molar-refractivity contribution < 1.29 is 9.84 Å². The molecule has 0 saturated carbocycles. The van der Waals surface area contributed by atoms with Crippen LogP contribution in [0, 0.1) is 0 Å². The van der Waals surface area contributed by atoms with Gasteiger partial charge in [0.25, 0.3) is 0 Å². The molecule has 3 atom stereocenters. The Morgan fingerprint density at radius 3 is 2.35 bits per heavy atom. The number of rotatable bonds is 8. The third-order valence-electron chi connectivity index (χ3n) is 7.72. The largest absolute Gasteiger partial charge is 0.381 e. The van der Waals surface area contributed by atoms with Crippen LogP contribution in [0.1, 0.15) is 23.1 Å². The summed E-state index contributed by atoms with van der Waals surface area (Å²) in [5, 5.41) is 15.2. The molecule has 5 rings (SSSR count). The van der Waals surface area contributed by atoms with Gasteiger partial charge in [-0.05, 0) is 76.4 Å². The topological polar surface area (TPSA) is 45.1 Å². The normalized spacial score (nSPS) is 20.4. The van der Waals surface area contributed by atoms with E-state index >= 15 is 0 Å². The maximum Gasteiger partial charge on any atom is 0.169 e. The van der Waals surface area contributed by atoms with Gasteiger partial charge in [-0.25, -0.2) is 0 Å². The van der Waals surface area contributed by atoms with Gasteiger partial charge < -0.3 is 14.7 Å². The van der Waals surface area contributed by atoms with Crippen LogP contribution in [0.15, 0.2) is 102 Å². The van der Waals surface area contributed by atoms with E-state index in [1.165, 1.54) is 0 Å². The Morgan fingerprint density at radius 1 is 0.919 bits per heavy atom. The van der Waals surface area contributed by atoms with Crippen molar-refractivity contribution in [2.75, 3.05) is 27.7 Å². The number of hydrogen-bond donors (Lipinski definition) is 1. The quantitative estimate of drug-likeness (QED) is 0.248. The molecule has 4 nitrogen and oxygen atoms in total. The summed E-state index contributed by atoms with van der Waals surface area (Å²) >= 11 is 4.11. The monoisotopic (exact) mass is 556 g/mol. The molecule has 1 aliphatic rings. The van der Waals surface area contributed by atoms with Crippen molar-refractivity contribution in [1.29, 1.82) is 0 Å². The Labute approximate surface area is 227 Å². The van der Waals surface area contributed by atoms with Gasteiger partial charge in [0.1, 0.15) is 5.60 Å². The summed E-state index contributed by atoms with van der Waals surface area (Å²) < 4.78 is 5.25. The minimum absolute atomic E-state index is 0.442. The second kappa shape index (κ2) is 10.1. The molecule has 0 spiro atoms. The number of para-hydroxylation sites is 1. The lowest BCUT2D eigenvalue weighted by molar-refractivity contribution is -0.145. The SMILES string of the molecule is COC(Br)(C(O)(CCN(C)C)c1cccc2ccccc12)C1(c2ccccc2)C=Nc2ccccc2C1. The maximum absolute atomic E-state index is 13.1. The fourth-order valence-electron chi connectivity index (χ4n) is 5.77. The van der Waals surface area contributed by atoms with Gasteiger partial charge in [-0.1, -0.05) is 91.0 Å². The molecule has 3 unspecified atom stereocenters. The molecule has 1 heterocycles. The van der Waals surface area contributed by atoms with Gasteiger partial charge in [0.05, 0.1) is 11.1 Å². The highest BCUT2D eigenvalue weighted by atomic mass is 79.9. The lowest BCUT2D eigenvalue weighted by atomic mass is 9.63. The predicted molar refractivity (Wildman–Crippen MR) is 156 cm³/mol. The van der Waals surface area contributed by atoms with Gasteiger partial charge in [-0.15, -0.1) is 0 Å². The summed E-state index contributed by atoms with van der Waals surface area (Å²) in [7, 11) is 5.73. The second-order valence-electron chi connectivity index (χ2n) is 10.1. The van der Waals surface area contributed by atoms with E-state index in [2.05, 4.69) is 57.2 Å². The zero-order chi connectivity index (χ0) is 26.1. The number of ether oxygens (including phenoxy) is 1. The number of alkyl halides is 1. The fourth-order valence-corrected chi connectivity index (χ4v) is 6.65. The van der Waals surface area contributed by atoms with Crippen molar-refractivity contribution >= 4 is 38.6 Å². The highest BCUT2D eigenvalue weighted by Gasteiger charge is 2.64. The van der Waals surface area contributed by atoms with Gasteiger partial charge in [-0.3, -0.25) is 4.99 Å². The number of fused-ring (bicyclic) bond motifs is 2. The fraction of sp³-hybridized carbons (Fsp3) is 0.281. The molecule has 0 aromatic heterocycles. The number of aliphatic hydroxyl groups is 1. The van der Waals surface area contributed by atoms with Crippen LogP contribution in [0.2, 0.25) is 0 Å². The van der Waals surface area contributed by atoms with E-state index in [1.807, 2.05) is 81.0 Å². The van der Waals surface area contributed by atoms with E-state index in [0.29, 0.717) is 19.4 Å². The molecule has 190 valence electrons. The van der Waals surface area contributed by atoms with Crippen LogP contribution in [0.3, 0.4) is 0 Å². The number of hydrogen-bond acceptors (Lipinski definition) is 4. The summed E-state index contributed by atoms with van der Waals surface area (Å²) in [6, 6.07) is 32.8. The summed E-state index contributed by atoms with van der Waals surface area (Å²) in [5.74, 6) is 0. The molecule has 37 heavy (non-hydrogen) atoms. The molecule has 0 aliphatic carbocycles. The van der Waals surface area contributed by atoms with Gasteiger partial charge in [0, 0.05) is 19.9 Å². The van der Waals surface area contributed by atoms with Crippen LogP contribution >= 0.6 is 15.9 Å². The van der Waals surface area contributed by atoms with E-state index in [0.717, 1.165) is 33.2 Å². The van der Waals surface area contributed by atoms with Crippen LogP contribution in [0.25, 0.3) is 10.8 Å². The lowest BCUT2D eigenvalue weighted by Gasteiger charge is -2.54. The van der Waals surface area contributed by atoms with Crippen molar-refractivity contribution in [2.45, 2.75) is 28.4 Å². The molecule has 4 aromatic carbocycles. The molecule has 0 fully saturated rings. The van der Waals surface area contributed by atoms with E-state index in [-0.39, 0.29) is 0 Å². The van der Waals surface area contributed by atoms with E-state index in [1.54, 1.807) is 7.11 Å². The van der Waals surface area contributed by atoms with Crippen molar-refractivity contribution in [3.63, 3.8) is 0 Å². The smallest absolute Gasteiger partial charge is 0.169 e. The van der Waals surface area contributed by atoms with Crippen LogP contribution in [-0.4, -0.2) is 48.5 Å². The lowest BCUT2D eigenvalue weighted by Crippen LogP contribution is -2.64. The number of methoxy groups -OCH3 is 1. The molecule has 1 N–H and O–H groups in total. The van der Waals surface area contributed by atoms with Crippen molar-refractivity contribution in [3.8, 4) is 0 Å². The van der Waals surface area contributed by atoms with E-state index < -0.39 is 15.5 Å². The first-order chi connectivity index (χ1) is 17.8. The third-order valence-corrected chi connectivity index (χ3v) is 9.40. The van der Waals surface area contributed by atoms with Crippen molar-refractivity contribution in [2.24, 2.45) is 4.99 Å². The van der Waals surface area contributed by atoms with Gasteiger partial charge in [0.15, 0.2) is 4.51 Å². The molecular weight excluding hydrogens is 524 g/mol. The summed E-state index contributed by atoms with van der Waals surface area (Å²) in [6.45, 7) is 0.662. The average Bonchev–Trinajstić information content (AvgIpc) is 2.95. The number of halogens is 1. The molecule has 5 heteroatoms. The third kappa shape index (κ3) is 4.24. The van der Waals surface area contributed by atoms with Crippen molar-refractivity contribution in [3.05, 3.63) is 114 Å². The Kier molecular flexibility index (Phi) is 7.08. The van der Waals surface area contributed by atoms with Crippen LogP contribution in [-0.2, 0) is 22.2 Å². The van der Waals surface area contributed by atoms with Crippen LogP contribution < -0.4 is 0 Å². The molecule has 0 bridgehead atoms. The van der Waals surface area contributed by atoms with E-state index in [9.17, 15) is 5.11 Å². The van der Waals surface area contributed by atoms with Gasteiger partial charge >= 0.3 is 0 Å². The number of benzene rings is 4. The zero-order valence-corrected chi connectivity index (χ0v) is 23.2. The molecule has 0 amide bonds. The first kappa shape index (κ1) is 25.8. The zero-order valence-electron chi connectivity index (χ0n) is 21.6. The molecule has 0 radical (unpaired) electrons. The Balaban J connectivity index is 1.81. The Morgan fingerprint density at radius 2 is 1.59 bits per heavy atom. The van der Waals surface area contributed by atoms with Gasteiger partial charge in [-0.2, -0.15) is 0 Å². The summed E-state index contributed by atoms with van der Waals surface area (Å²) in [5.41, 5.74) is 1.67. The second-order valence-corrected chi connectivity index (χ2v) is 11.3. The standard InChI is InChI=1S/C32H33BrN2O2/c1-35(2)21-20-31(36,28-18-11-14-24-12-7-9-17-27(24)28)32(33,37-3)30(26-15-5-4-6-16-26)22-25-13-8-10-19-29(25)34-23-30/h4-19,23,36H,20-22H2,1-3H3. The summed E-state index contributed by atoms with van der Waals surface area (Å²) in [6.07, 6.45) is 3.04.